The van der Waals surface area contributed by atoms with Crippen LogP contribution in [0.25, 0.3) is 10.4 Å². The molecule has 0 heterocycles. The molecule has 0 aliphatic heterocycles. The van der Waals surface area contributed by atoms with Crippen molar-refractivity contribution in [1.82, 2.24) is 0 Å². The highest BCUT2D eigenvalue weighted by Crippen LogP contribution is 1.82. The van der Waals surface area contributed by atoms with Crippen LogP contribution in [0, 0.1) is 0 Å². The summed E-state index contributed by atoms with van der Waals surface area (Å²) in [5.74, 6) is 0. The van der Waals surface area contributed by atoms with Crippen molar-refractivity contribution in [3.63, 3.8) is 0 Å². The highest BCUT2D eigenvalue weighted by molar-refractivity contribution is 5.85. The van der Waals surface area contributed by atoms with Crippen molar-refractivity contribution in [1.29, 1.82) is 0 Å². The number of azide groups is 1. The number of rotatable bonds is 2. The average molecular weight is 137 g/mol. The van der Waals surface area contributed by atoms with Crippen LogP contribution >= 0.6 is 12.4 Å². The van der Waals surface area contributed by atoms with Gasteiger partial charge in [-0.25, -0.2) is 0 Å². The zero-order chi connectivity index (χ0) is 5.70. The Bertz CT molecular complexity index is 87.3. The lowest BCUT2D eigenvalue weighted by molar-refractivity contribution is 0.745. The van der Waals surface area contributed by atoms with Crippen LogP contribution in [0.15, 0.2) is 5.11 Å². The second-order valence-electron chi connectivity index (χ2n) is 1.29. The van der Waals surface area contributed by atoms with Crippen LogP contribution in [0.5, 0.6) is 0 Å². The predicted molar refractivity (Wildman–Crippen MR) is 34.9 cm³/mol. The van der Waals surface area contributed by atoms with E-state index in [0.717, 1.165) is 0 Å². The minimum Gasteiger partial charge on any atom is -0.330 e. The van der Waals surface area contributed by atoms with Crippen molar-refractivity contribution in [2.24, 2.45) is 10.8 Å². The fourth-order valence-corrected chi connectivity index (χ4v) is 0.135. The molecule has 0 aliphatic rings. The molecule has 0 aromatic rings. The van der Waals surface area contributed by atoms with E-state index in [1.54, 1.807) is 6.92 Å². The van der Waals surface area contributed by atoms with E-state index in [2.05, 4.69) is 10.0 Å². The van der Waals surface area contributed by atoms with Gasteiger partial charge in [0.1, 0.15) is 0 Å². The first-order valence-corrected chi connectivity index (χ1v) is 2.05. The maximum Gasteiger partial charge on any atom is 0.0468 e. The fourth-order valence-electron chi connectivity index (χ4n) is 0.135. The average Bonchev–Trinajstić information content (AvgIpc) is 1.68. The van der Waals surface area contributed by atoms with E-state index in [4.69, 9.17) is 11.3 Å². The molecule has 0 aromatic carbocycles. The Kier molecular flexibility index (Phi) is 8.63. The third-order valence-electron chi connectivity index (χ3n) is 0.590. The van der Waals surface area contributed by atoms with E-state index in [1.807, 2.05) is 0 Å². The summed E-state index contributed by atoms with van der Waals surface area (Å²) in [6.07, 6.45) is 0. The minimum atomic E-state index is -0.0648. The summed E-state index contributed by atoms with van der Waals surface area (Å²) in [5.41, 5.74) is 12.9. The van der Waals surface area contributed by atoms with Crippen LogP contribution in [-0.4, -0.2) is 12.6 Å². The Hall–Kier alpha value is -0.440. The van der Waals surface area contributed by atoms with Crippen LogP contribution in [-0.2, 0) is 0 Å². The first kappa shape index (κ1) is 10.5. The van der Waals surface area contributed by atoms with Gasteiger partial charge in [-0.15, -0.1) is 12.4 Å². The highest BCUT2D eigenvalue weighted by Gasteiger charge is 1.88. The molecule has 4 nitrogen and oxygen atoms in total. The van der Waals surface area contributed by atoms with Gasteiger partial charge in [-0.2, -0.15) is 0 Å². The number of hydrogen-bond donors (Lipinski definition) is 1. The summed E-state index contributed by atoms with van der Waals surface area (Å²) in [7, 11) is 0. The largest absolute Gasteiger partial charge is 0.330 e. The van der Waals surface area contributed by atoms with E-state index >= 15 is 0 Å². The van der Waals surface area contributed by atoms with Gasteiger partial charge in [0.05, 0.1) is 0 Å². The second-order valence-corrected chi connectivity index (χ2v) is 1.29. The van der Waals surface area contributed by atoms with Crippen molar-refractivity contribution in [2.75, 3.05) is 6.54 Å². The summed E-state index contributed by atoms with van der Waals surface area (Å²) in [4.78, 5) is 2.55. The van der Waals surface area contributed by atoms with Crippen LogP contribution in [0.3, 0.4) is 0 Å². The molecule has 0 aliphatic carbocycles. The maximum absolute atomic E-state index is 7.77. The number of nitrogens with two attached hydrogens (primary N) is 1. The lowest BCUT2D eigenvalue weighted by Gasteiger charge is -1.92. The van der Waals surface area contributed by atoms with Gasteiger partial charge in [0, 0.05) is 17.5 Å². The highest BCUT2D eigenvalue weighted by atomic mass is 35.5. The minimum absolute atomic E-state index is 0. The molecule has 0 spiro atoms. The van der Waals surface area contributed by atoms with Gasteiger partial charge in [-0.3, -0.25) is 0 Å². The van der Waals surface area contributed by atoms with Gasteiger partial charge in [-0.1, -0.05) is 12.0 Å². The Morgan fingerprint density at radius 1 is 1.88 bits per heavy atom. The molecule has 0 aromatic heterocycles. The van der Waals surface area contributed by atoms with Crippen molar-refractivity contribution < 1.29 is 0 Å². The Labute approximate surface area is 54.1 Å². The molecule has 2 N–H and O–H groups in total. The molecule has 0 amide bonds. The Morgan fingerprint density at radius 3 is 2.50 bits per heavy atom. The van der Waals surface area contributed by atoms with Crippen molar-refractivity contribution >= 4 is 12.4 Å². The van der Waals surface area contributed by atoms with Gasteiger partial charge >= 0.3 is 0 Å². The van der Waals surface area contributed by atoms with Crippen LogP contribution in [0.4, 0.5) is 0 Å². The Morgan fingerprint density at radius 2 is 2.38 bits per heavy atom. The first-order valence-electron chi connectivity index (χ1n) is 2.05. The quantitative estimate of drug-likeness (QED) is 0.344. The SMILES string of the molecule is C[C@@H](CN)N=[N+]=[N-].Cl. The van der Waals surface area contributed by atoms with Gasteiger partial charge < -0.3 is 5.73 Å². The van der Waals surface area contributed by atoms with Gasteiger partial charge in [0.25, 0.3) is 0 Å². The molecule has 0 saturated heterocycles. The Balaban J connectivity index is 0. The van der Waals surface area contributed by atoms with Gasteiger partial charge in [0.15, 0.2) is 0 Å². The van der Waals surface area contributed by atoms with Crippen molar-refractivity contribution in [2.45, 2.75) is 13.0 Å². The molecule has 0 rings (SSSR count). The summed E-state index contributed by atoms with van der Waals surface area (Å²) in [6, 6.07) is -0.0648. The van der Waals surface area contributed by atoms with Gasteiger partial charge in [0.2, 0.25) is 0 Å². The van der Waals surface area contributed by atoms with E-state index in [9.17, 15) is 0 Å². The zero-order valence-electron chi connectivity index (χ0n) is 4.61. The summed E-state index contributed by atoms with van der Waals surface area (Å²) in [5, 5.41) is 3.30. The normalized spacial score (nSPS) is 10.8. The molecular formula is C3H9ClN4. The molecule has 5 heteroatoms. The number of halogens is 1. The van der Waals surface area contributed by atoms with E-state index in [-0.39, 0.29) is 18.4 Å². The molecule has 0 unspecified atom stereocenters. The number of nitrogens with zero attached hydrogens (tertiary/aromatic N) is 3. The zero-order valence-corrected chi connectivity index (χ0v) is 5.43. The van der Waals surface area contributed by atoms with Gasteiger partial charge in [-0.05, 0) is 5.53 Å². The smallest absolute Gasteiger partial charge is 0.0468 e. The molecule has 0 fully saturated rings. The monoisotopic (exact) mass is 136 g/mol. The molecule has 0 radical (unpaired) electrons. The standard InChI is InChI=1S/C3H8N4.ClH/c1-3(2-4)6-7-5;/h3H,2,4H2,1H3;1H/t3-;/m0./s1. The van der Waals surface area contributed by atoms with Crippen LogP contribution in [0.1, 0.15) is 6.92 Å². The molecule has 1 atom stereocenters. The molecular weight excluding hydrogens is 128 g/mol. The van der Waals surface area contributed by atoms with E-state index in [1.165, 1.54) is 0 Å². The van der Waals surface area contributed by atoms with Crippen molar-refractivity contribution in [3.05, 3.63) is 10.4 Å². The molecule has 0 bridgehead atoms. The van der Waals surface area contributed by atoms with Crippen LogP contribution < -0.4 is 5.73 Å². The summed E-state index contributed by atoms with van der Waals surface area (Å²) in [6.45, 7) is 2.18. The fraction of sp³-hybridized carbons (Fsp3) is 1.00. The third-order valence-corrected chi connectivity index (χ3v) is 0.590. The molecule has 48 valence electrons. The van der Waals surface area contributed by atoms with E-state index in [0.29, 0.717) is 6.54 Å². The predicted octanol–water partition coefficient (Wildman–Crippen LogP) is 1.07. The van der Waals surface area contributed by atoms with Crippen molar-refractivity contribution in [3.8, 4) is 0 Å². The lowest BCUT2D eigenvalue weighted by atomic mass is 10.4. The topological polar surface area (TPSA) is 74.8 Å². The molecule has 0 saturated carbocycles. The first-order chi connectivity index (χ1) is 3.31. The van der Waals surface area contributed by atoms with E-state index < -0.39 is 0 Å². The third kappa shape index (κ3) is 5.56. The lowest BCUT2D eigenvalue weighted by Crippen LogP contribution is -2.12. The summed E-state index contributed by atoms with van der Waals surface area (Å²) >= 11 is 0. The van der Waals surface area contributed by atoms with Crippen LogP contribution in [0.2, 0.25) is 0 Å². The second kappa shape index (κ2) is 6.56. The number of hydrogen-bond acceptors (Lipinski definition) is 2. The maximum atomic E-state index is 7.77. The summed E-state index contributed by atoms with van der Waals surface area (Å²) < 4.78 is 0. The molecule has 8 heavy (non-hydrogen) atoms.